The molecule has 0 heterocycles. The molecule has 6 heteroatoms. The SMILES string of the molecule is CCCCCCCCC(CCCCCCCC)=C(C)C.COCCOP(=O)(O)O. The molecule has 0 amide bonds. The lowest BCUT2D eigenvalue weighted by atomic mass is 9.96. The van der Waals surface area contributed by atoms with E-state index in [9.17, 15) is 4.57 Å². The number of phosphoric ester groups is 1. The van der Waals surface area contributed by atoms with Crippen molar-refractivity contribution in [1.29, 1.82) is 0 Å². The van der Waals surface area contributed by atoms with Gasteiger partial charge in [-0.3, -0.25) is 4.52 Å². The molecule has 0 atom stereocenters. The highest BCUT2D eigenvalue weighted by Gasteiger charge is 2.11. The summed E-state index contributed by atoms with van der Waals surface area (Å²) < 4.78 is 18.4. The van der Waals surface area contributed by atoms with Gasteiger partial charge in [0.05, 0.1) is 13.2 Å². The Morgan fingerprint density at radius 3 is 1.48 bits per heavy atom. The van der Waals surface area contributed by atoms with Crippen LogP contribution >= 0.6 is 7.82 Å². The van der Waals surface area contributed by atoms with Gasteiger partial charge in [0, 0.05) is 7.11 Å². The molecule has 0 aliphatic heterocycles. The van der Waals surface area contributed by atoms with E-state index >= 15 is 0 Å². The van der Waals surface area contributed by atoms with Crippen molar-refractivity contribution in [2.75, 3.05) is 20.3 Å². The molecule has 0 unspecified atom stereocenters. The Bertz CT molecular complexity index is 395. The Morgan fingerprint density at radius 1 is 0.724 bits per heavy atom. The fourth-order valence-corrected chi connectivity index (χ4v) is 3.41. The molecule has 0 saturated carbocycles. The van der Waals surface area contributed by atoms with E-state index in [1.54, 1.807) is 11.1 Å². The minimum atomic E-state index is -4.28. The highest BCUT2D eigenvalue weighted by Crippen LogP contribution is 2.35. The fraction of sp³-hybridized carbons (Fsp3) is 0.913. The predicted molar refractivity (Wildman–Crippen MR) is 124 cm³/mol. The van der Waals surface area contributed by atoms with Crippen molar-refractivity contribution < 1.29 is 23.6 Å². The maximum absolute atomic E-state index is 9.92. The number of rotatable bonds is 18. The summed E-state index contributed by atoms with van der Waals surface area (Å²) >= 11 is 0. The van der Waals surface area contributed by atoms with E-state index in [4.69, 9.17) is 9.79 Å². The molecule has 0 aliphatic carbocycles. The van der Waals surface area contributed by atoms with Gasteiger partial charge in [-0.1, -0.05) is 89.2 Å². The Hall–Kier alpha value is -0.190. The number of allylic oxidation sites excluding steroid dienone is 2. The van der Waals surface area contributed by atoms with Gasteiger partial charge >= 0.3 is 7.82 Å². The average molecular weight is 437 g/mol. The van der Waals surface area contributed by atoms with Gasteiger partial charge in [0.25, 0.3) is 0 Å². The maximum atomic E-state index is 9.92. The van der Waals surface area contributed by atoms with Gasteiger partial charge in [-0.2, -0.15) is 0 Å². The van der Waals surface area contributed by atoms with Gasteiger partial charge in [0.1, 0.15) is 0 Å². The van der Waals surface area contributed by atoms with E-state index in [2.05, 4.69) is 37.0 Å². The molecule has 0 rings (SSSR count). The highest BCUT2D eigenvalue weighted by molar-refractivity contribution is 7.46. The maximum Gasteiger partial charge on any atom is 0.469 e. The molecular formula is C23H49O5P. The summed E-state index contributed by atoms with van der Waals surface area (Å²) in [4.78, 5) is 16.2. The first-order valence-corrected chi connectivity index (χ1v) is 13.2. The van der Waals surface area contributed by atoms with Crippen LogP contribution in [0.5, 0.6) is 0 Å². The third-order valence-electron chi connectivity index (χ3n) is 4.92. The van der Waals surface area contributed by atoms with E-state index in [1.807, 2.05) is 0 Å². The second-order valence-electron chi connectivity index (χ2n) is 7.96. The normalized spacial score (nSPS) is 11.1. The van der Waals surface area contributed by atoms with Crippen LogP contribution in [0.25, 0.3) is 0 Å². The van der Waals surface area contributed by atoms with Gasteiger partial charge in [0.15, 0.2) is 0 Å². The van der Waals surface area contributed by atoms with Crippen molar-refractivity contribution in [3.63, 3.8) is 0 Å². The number of hydrogen-bond donors (Lipinski definition) is 2. The molecular weight excluding hydrogens is 387 g/mol. The van der Waals surface area contributed by atoms with Crippen LogP contribution in [0.15, 0.2) is 11.1 Å². The smallest absolute Gasteiger partial charge is 0.382 e. The van der Waals surface area contributed by atoms with E-state index in [0.29, 0.717) is 0 Å². The van der Waals surface area contributed by atoms with Crippen LogP contribution in [-0.2, 0) is 13.8 Å². The Balaban J connectivity index is 0. The average Bonchev–Trinajstić information content (AvgIpc) is 2.65. The lowest BCUT2D eigenvalue weighted by molar-refractivity contribution is 0.120. The Labute approximate surface area is 180 Å². The zero-order chi connectivity index (χ0) is 22.4. The van der Waals surface area contributed by atoms with Gasteiger partial charge in [-0.15, -0.1) is 0 Å². The largest absolute Gasteiger partial charge is 0.469 e. The molecule has 0 spiro atoms. The van der Waals surface area contributed by atoms with Crippen molar-refractivity contribution >= 4 is 7.82 Å². The minimum Gasteiger partial charge on any atom is -0.382 e. The summed E-state index contributed by atoms with van der Waals surface area (Å²) in [6.45, 7) is 9.31. The molecule has 176 valence electrons. The molecule has 0 aliphatic rings. The zero-order valence-electron chi connectivity index (χ0n) is 19.9. The fourth-order valence-electron chi connectivity index (χ4n) is 3.10. The highest BCUT2D eigenvalue weighted by atomic mass is 31.2. The van der Waals surface area contributed by atoms with Crippen LogP contribution in [0.4, 0.5) is 0 Å². The van der Waals surface area contributed by atoms with Crippen LogP contribution in [-0.4, -0.2) is 30.1 Å². The molecule has 0 aromatic carbocycles. The molecule has 2 N–H and O–H groups in total. The summed E-state index contributed by atoms with van der Waals surface area (Å²) in [6.07, 6.45) is 19.8. The van der Waals surface area contributed by atoms with Gasteiger partial charge < -0.3 is 14.5 Å². The molecule has 29 heavy (non-hydrogen) atoms. The first-order chi connectivity index (χ1) is 13.8. The number of unbranched alkanes of at least 4 members (excludes halogenated alkanes) is 10. The minimum absolute atomic E-state index is 0.0826. The van der Waals surface area contributed by atoms with Crippen LogP contribution < -0.4 is 0 Å². The molecule has 0 fully saturated rings. The first kappa shape index (κ1) is 31.0. The Morgan fingerprint density at radius 2 is 1.14 bits per heavy atom. The van der Waals surface area contributed by atoms with Gasteiger partial charge in [0.2, 0.25) is 0 Å². The third kappa shape index (κ3) is 27.8. The van der Waals surface area contributed by atoms with Crippen molar-refractivity contribution in [3.8, 4) is 0 Å². The second kappa shape index (κ2) is 22.5. The quantitative estimate of drug-likeness (QED) is 0.132. The van der Waals surface area contributed by atoms with Crippen molar-refractivity contribution in [2.45, 2.75) is 118 Å². The summed E-state index contributed by atoms with van der Waals surface area (Å²) in [7, 11) is -2.86. The van der Waals surface area contributed by atoms with E-state index in [1.165, 1.54) is 97.0 Å². The lowest BCUT2D eigenvalue weighted by Crippen LogP contribution is -1.99. The standard InChI is InChI=1S/C20H40.C3H9O5P/c1-5-7-9-11-13-15-17-20(19(3)4)18-16-14-12-10-8-6-2;1-7-2-3-8-9(4,5)6/h5-18H2,1-4H3;2-3H2,1H3,(H2,4,5,6). The third-order valence-corrected chi connectivity index (χ3v) is 5.44. The van der Waals surface area contributed by atoms with Gasteiger partial charge in [-0.05, 0) is 39.5 Å². The van der Waals surface area contributed by atoms with E-state index < -0.39 is 7.82 Å². The number of hydrogen-bond acceptors (Lipinski definition) is 3. The number of methoxy groups -OCH3 is 1. The molecule has 5 nitrogen and oxygen atoms in total. The Kier molecular flexibility index (Phi) is 24.0. The van der Waals surface area contributed by atoms with E-state index in [-0.39, 0.29) is 13.2 Å². The van der Waals surface area contributed by atoms with Crippen molar-refractivity contribution in [2.24, 2.45) is 0 Å². The van der Waals surface area contributed by atoms with Gasteiger partial charge in [-0.25, -0.2) is 4.57 Å². The molecule has 0 radical (unpaired) electrons. The molecule has 0 aromatic heterocycles. The summed E-state index contributed by atoms with van der Waals surface area (Å²) in [5.74, 6) is 0. The molecule has 0 aromatic rings. The molecule has 0 bridgehead atoms. The summed E-state index contributed by atoms with van der Waals surface area (Å²) in [5.41, 5.74) is 3.35. The second-order valence-corrected chi connectivity index (χ2v) is 9.20. The van der Waals surface area contributed by atoms with Crippen LogP contribution in [0.2, 0.25) is 0 Å². The van der Waals surface area contributed by atoms with Crippen molar-refractivity contribution in [3.05, 3.63) is 11.1 Å². The summed E-state index contributed by atoms with van der Waals surface area (Å²) in [6, 6.07) is 0. The zero-order valence-corrected chi connectivity index (χ0v) is 20.8. The van der Waals surface area contributed by atoms with E-state index in [0.717, 1.165) is 0 Å². The predicted octanol–water partition coefficient (Wildman–Crippen LogP) is 7.57. The monoisotopic (exact) mass is 436 g/mol. The number of ether oxygens (including phenoxy) is 1. The summed E-state index contributed by atoms with van der Waals surface area (Å²) in [5, 5.41) is 0. The van der Waals surface area contributed by atoms with Crippen LogP contribution in [0.3, 0.4) is 0 Å². The number of phosphoric acid groups is 1. The lowest BCUT2D eigenvalue weighted by Gasteiger charge is -2.10. The molecule has 0 saturated heterocycles. The van der Waals surface area contributed by atoms with Crippen molar-refractivity contribution in [1.82, 2.24) is 0 Å². The van der Waals surface area contributed by atoms with Crippen LogP contribution in [0, 0.1) is 0 Å². The first-order valence-electron chi connectivity index (χ1n) is 11.6. The topological polar surface area (TPSA) is 76.0 Å². The van der Waals surface area contributed by atoms with Crippen LogP contribution in [0.1, 0.15) is 118 Å².